The number of aryl methyl sites for hydroxylation is 1. The summed E-state index contributed by atoms with van der Waals surface area (Å²) in [5, 5.41) is 19.6. The summed E-state index contributed by atoms with van der Waals surface area (Å²) in [7, 11) is 0. The van der Waals surface area contributed by atoms with Gasteiger partial charge in [0, 0.05) is 18.7 Å². The fourth-order valence-corrected chi connectivity index (χ4v) is 1.91. The lowest BCUT2D eigenvalue weighted by Gasteiger charge is -2.23. The molecule has 1 aromatic heterocycles. The van der Waals surface area contributed by atoms with Crippen molar-refractivity contribution >= 4 is 11.5 Å². The van der Waals surface area contributed by atoms with Gasteiger partial charge in [0.1, 0.15) is 12.0 Å². The number of nitrogens with zero attached hydrogens (tertiary/aromatic N) is 3. The molecule has 1 aliphatic carbocycles. The average molecular weight is 237 g/mol. The third kappa shape index (κ3) is 2.52. The van der Waals surface area contributed by atoms with Crippen LogP contribution in [0, 0.1) is 17.0 Å². The van der Waals surface area contributed by atoms with Gasteiger partial charge in [-0.15, -0.1) is 0 Å². The van der Waals surface area contributed by atoms with Gasteiger partial charge >= 0.3 is 0 Å². The first kappa shape index (κ1) is 11.8. The molecule has 1 N–H and O–H groups in total. The Morgan fingerprint density at radius 2 is 2.35 bits per heavy atom. The minimum atomic E-state index is -0.447. The zero-order chi connectivity index (χ0) is 12.4. The average Bonchev–Trinajstić information content (AvgIpc) is 3.10. The largest absolute Gasteiger partial charge is 0.395 e. The van der Waals surface area contributed by atoms with Crippen molar-refractivity contribution in [3.63, 3.8) is 0 Å². The van der Waals surface area contributed by atoms with E-state index < -0.39 is 4.92 Å². The number of nitro groups is 1. The summed E-state index contributed by atoms with van der Waals surface area (Å²) in [5.74, 6) is 0.743. The Balaban J connectivity index is 2.27. The SMILES string of the molecule is Cc1cc([N+](=O)[O-])cnc1N(CCO)C1CC1. The van der Waals surface area contributed by atoms with Gasteiger partial charge in [0.2, 0.25) is 0 Å². The van der Waals surface area contributed by atoms with E-state index in [-0.39, 0.29) is 12.3 Å². The van der Waals surface area contributed by atoms with E-state index in [0.717, 1.165) is 24.2 Å². The van der Waals surface area contributed by atoms with E-state index >= 15 is 0 Å². The Kier molecular flexibility index (Phi) is 3.23. The first-order valence-corrected chi connectivity index (χ1v) is 5.62. The van der Waals surface area contributed by atoms with Gasteiger partial charge in [-0.2, -0.15) is 0 Å². The van der Waals surface area contributed by atoms with Crippen molar-refractivity contribution in [2.24, 2.45) is 0 Å². The van der Waals surface area contributed by atoms with E-state index in [4.69, 9.17) is 5.11 Å². The van der Waals surface area contributed by atoms with Crippen LogP contribution in [0.2, 0.25) is 0 Å². The molecule has 0 unspecified atom stereocenters. The highest BCUT2D eigenvalue weighted by molar-refractivity contribution is 5.52. The standard InChI is InChI=1S/C11H15N3O3/c1-8-6-10(14(16)17)7-12-11(8)13(4-5-15)9-2-3-9/h6-7,9,15H,2-5H2,1H3. The van der Waals surface area contributed by atoms with Crippen molar-refractivity contribution in [2.45, 2.75) is 25.8 Å². The minimum Gasteiger partial charge on any atom is -0.395 e. The molecule has 1 aliphatic rings. The first-order valence-electron chi connectivity index (χ1n) is 5.62. The summed E-state index contributed by atoms with van der Waals surface area (Å²) < 4.78 is 0. The summed E-state index contributed by atoms with van der Waals surface area (Å²) in [6, 6.07) is 1.95. The molecular weight excluding hydrogens is 222 g/mol. The third-order valence-electron chi connectivity index (χ3n) is 2.85. The molecule has 0 atom stereocenters. The third-order valence-corrected chi connectivity index (χ3v) is 2.85. The lowest BCUT2D eigenvalue weighted by Crippen LogP contribution is -2.30. The Morgan fingerprint density at radius 1 is 1.65 bits per heavy atom. The zero-order valence-electron chi connectivity index (χ0n) is 9.67. The van der Waals surface area contributed by atoms with Gasteiger partial charge in [-0.3, -0.25) is 10.1 Å². The molecule has 1 saturated carbocycles. The highest BCUT2D eigenvalue weighted by Crippen LogP contribution is 2.32. The highest BCUT2D eigenvalue weighted by atomic mass is 16.6. The van der Waals surface area contributed by atoms with Crippen LogP contribution in [0.1, 0.15) is 18.4 Å². The summed E-state index contributed by atoms with van der Waals surface area (Å²) in [4.78, 5) is 16.4. The van der Waals surface area contributed by atoms with Crippen molar-refractivity contribution in [3.05, 3.63) is 27.9 Å². The maximum atomic E-state index is 10.6. The van der Waals surface area contributed by atoms with Crippen LogP contribution in [0.25, 0.3) is 0 Å². The molecule has 0 spiro atoms. The predicted molar refractivity (Wildman–Crippen MR) is 63.1 cm³/mol. The van der Waals surface area contributed by atoms with Crippen LogP contribution in [0.3, 0.4) is 0 Å². The molecule has 1 fully saturated rings. The Morgan fingerprint density at radius 3 is 2.82 bits per heavy atom. The fraction of sp³-hybridized carbons (Fsp3) is 0.545. The number of aromatic nitrogens is 1. The molecule has 0 radical (unpaired) electrons. The maximum absolute atomic E-state index is 10.6. The van der Waals surface area contributed by atoms with E-state index in [2.05, 4.69) is 4.98 Å². The van der Waals surface area contributed by atoms with Crippen molar-refractivity contribution in [3.8, 4) is 0 Å². The van der Waals surface area contributed by atoms with Crippen molar-refractivity contribution in [1.82, 2.24) is 4.98 Å². The number of hydrogen-bond donors (Lipinski definition) is 1. The second-order valence-electron chi connectivity index (χ2n) is 4.24. The minimum absolute atomic E-state index is 0.00555. The molecule has 0 saturated heterocycles. The Bertz CT molecular complexity index is 432. The molecular formula is C11H15N3O3. The zero-order valence-corrected chi connectivity index (χ0v) is 9.67. The summed E-state index contributed by atoms with van der Waals surface area (Å²) in [6.07, 6.45) is 3.46. The van der Waals surface area contributed by atoms with Crippen LogP contribution in [-0.2, 0) is 0 Å². The number of aliphatic hydroxyl groups excluding tert-OH is 1. The van der Waals surface area contributed by atoms with Gasteiger partial charge in [0.05, 0.1) is 11.5 Å². The molecule has 92 valence electrons. The van der Waals surface area contributed by atoms with E-state index in [0.29, 0.717) is 12.6 Å². The van der Waals surface area contributed by atoms with Gasteiger partial charge in [-0.1, -0.05) is 0 Å². The normalized spacial score (nSPS) is 14.7. The molecule has 1 aromatic rings. The van der Waals surface area contributed by atoms with Crippen LogP contribution >= 0.6 is 0 Å². The van der Waals surface area contributed by atoms with Gasteiger partial charge in [0.25, 0.3) is 5.69 Å². The van der Waals surface area contributed by atoms with Gasteiger partial charge in [-0.05, 0) is 25.3 Å². The van der Waals surface area contributed by atoms with Crippen LogP contribution in [0.15, 0.2) is 12.3 Å². The topological polar surface area (TPSA) is 79.5 Å². The van der Waals surface area contributed by atoms with Crippen LogP contribution in [0.4, 0.5) is 11.5 Å². The molecule has 0 bridgehead atoms. The molecule has 6 heteroatoms. The van der Waals surface area contributed by atoms with Gasteiger partial charge < -0.3 is 10.0 Å². The molecule has 0 aromatic carbocycles. The van der Waals surface area contributed by atoms with E-state index in [9.17, 15) is 10.1 Å². The fourth-order valence-electron chi connectivity index (χ4n) is 1.91. The molecule has 6 nitrogen and oxygen atoms in total. The van der Waals surface area contributed by atoms with E-state index in [1.165, 1.54) is 12.3 Å². The van der Waals surface area contributed by atoms with Crippen molar-refractivity contribution in [2.75, 3.05) is 18.1 Å². The predicted octanol–water partition coefficient (Wildman–Crippen LogP) is 1.26. The summed E-state index contributed by atoms with van der Waals surface area (Å²) >= 11 is 0. The number of aliphatic hydroxyl groups is 1. The molecule has 0 amide bonds. The molecule has 0 aliphatic heterocycles. The number of anilines is 1. The van der Waals surface area contributed by atoms with E-state index in [1.54, 1.807) is 0 Å². The summed E-state index contributed by atoms with van der Waals surface area (Å²) in [5.41, 5.74) is 0.783. The lowest BCUT2D eigenvalue weighted by molar-refractivity contribution is -0.385. The molecule has 2 rings (SSSR count). The molecule has 1 heterocycles. The van der Waals surface area contributed by atoms with Gasteiger partial charge in [0.15, 0.2) is 0 Å². The second-order valence-corrected chi connectivity index (χ2v) is 4.24. The van der Waals surface area contributed by atoms with Crippen molar-refractivity contribution < 1.29 is 10.0 Å². The number of rotatable bonds is 5. The van der Waals surface area contributed by atoms with Gasteiger partial charge in [-0.25, -0.2) is 4.98 Å². The van der Waals surface area contributed by atoms with Crippen LogP contribution in [0.5, 0.6) is 0 Å². The van der Waals surface area contributed by atoms with Crippen LogP contribution in [-0.4, -0.2) is 34.2 Å². The smallest absolute Gasteiger partial charge is 0.287 e. The van der Waals surface area contributed by atoms with Crippen LogP contribution < -0.4 is 4.90 Å². The van der Waals surface area contributed by atoms with E-state index in [1.807, 2.05) is 11.8 Å². The number of pyridine rings is 1. The quantitative estimate of drug-likeness (QED) is 0.616. The van der Waals surface area contributed by atoms with Crippen molar-refractivity contribution in [1.29, 1.82) is 0 Å². The second kappa shape index (κ2) is 4.67. The summed E-state index contributed by atoms with van der Waals surface area (Å²) in [6.45, 7) is 2.40. The highest BCUT2D eigenvalue weighted by Gasteiger charge is 2.30. The Hall–Kier alpha value is -1.69. The Labute approximate surface area is 99.0 Å². The maximum Gasteiger partial charge on any atom is 0.287 e. The lowest BCUT2D eigenvalue weighted by atomic mass is 10.2. The molecule has 17 heavy (non-hydrogen) atoms. The first-order chi connectivity index (χ1) is 8.13. The monoisotopic (exact) mass is 237 g/mol. The number of hydrogen-bond acceptors (Lipinski definition) is 5.